The van der Waals surface area contributed by atoms with Crippen LogP contribution < -0.4 is 0 Å². The second kappa shape index (κ2) is 6.63. The van der Waals surface area contributed by atoms with Gasteiger partial charge in [0.15, 0.2) is 0 Å². The number of carbonyl (C=O) groups is 1. The van der Waals surface area contributed by atoms with Crippen LogP contribution in [0, 0.1) is 20.8 Å². The summed E-state index contributed by atoms with van der Waals surface area (Å²) in [7, 11) is 0. The molecule has 0 N–H and O–H groups in total. The molecule has 0 radical (unpaired) electrons. The highest BCUT2D eigenvalue weighted by atomic mass is 127. The van der Waals surface area contributed by atoms with Crippen LogP contribution in [0.2, 0.25) is 0 Å². The fourth-order valence-corrected chi connectivity index (χ4v) is 3.22. The van der Waals surface area contributed by atoms with Gasteiger partial charge in [-0.05, 0) is 40.0 Å². The fourth-order valence-electron chi connectivity index (χ4n) is 2.55. The SMILES string of the molecule is CC1(C)[C@H](/C=C(\Cl)C(F)(F)F)[C@@H]1C(=O)OCc1ccccc1I. The van der Waals surface area contributed by atoms with Crippen LogP contribution in [0.3, 0.4) is 0 Å². The van der Waals surface area contributed by atoms with Crippen molar-refractivity contribution in [1.29, 1.82) is 0 Å². The van der Waals surface area contributed by atoms with Gasteiger partial charge in [-0.3, -0.25) is 4.79 Å². The van der Waals surface area contributed by atoms with Gasteiger partial charge >= 0.3 is 12.1 Å². The summed E-state index contributed by atoms with van der Waals surface area (Å²) in [4.78, 5) is 12.2. The quantitative estimate of drug-likeness (QED) is 0.453. The topological polar surface area (TPSA) is 26.3 Å². The van der Waals surface area contributed by atoms with E-state index in [4.69, 9.17) is 16.3 Å². The Hall–Kier alpha value is -0.760. The summed E-state index contributed by atoms with van der Waals surface area (Å²) >= 11 is 7.40. The minimum absolute atomic E-state index is 0.105. The molecule has 0 aromatic heterocycles. The molecular weight excluding hydrogens is 444 g/mol. The van der Waals surface area contributed by atoms with E-state index in [1.54, 1.807) is 13.8 Å². The third-order valence-electron chi connectivity index (χ3n) is 4.09. The van der Waals surface area contributed by atoms with Crippen molar-refractivity contribution in [2.45, 2.75) is 26.6 Å². The average Bonchev–Trinajstić information content (AvgIpc) is 2.97. The number of allylic oxidation sites excluding steroid dienone is 2. The number of hydrogen-bond acceptors (Lipinski definition) is 2. The number of benzene rings is 1. The zero-order valence-electron chi connectivity index (χ0n) is 12.5. The van der Waals surface area contributed by atoms with Crippen LogP contribution in [-0.2, 0) is 16.1 Å². The Kier molecular flexibility index (Phi) is 5.35. The Bertz CT molecular complexity index is 640. The molecule has 0 aliphatic heterocycles. The van der Waals surface area contributed by atoms with Gasteiger partial charge in [-0.1, -0.05) is 49.7 Å². The summed E-state index contributed by atoms with van der Waals surface area (Å²) in [5.74, 6) is -1.68. The van der Waals surface area contributed by atoms with E-state index in [1.807, 2.05) is 24.3 Å². The Morgan fingerprint density at radius 1 is 1.39 bits per heavy atom. The molecule has 0 spiro atoms. The van der Waals surface area contributed by atoms with Crippen molar-refractivity contribution in [3.8, 4) is 0 Å². The van der Waals surface area contributed by atoms with Gasteiger partial charge in [0.1, 0.15) is 11.6 Å². The normalized spacial score (nSPS) is 23.5. The number of esters is 1. The maximum absolute atomic E-state index is 12.5. The van der Waals surface area contributed by atoms with Crippen LogP contribution in [0.1, 0.15) is 19.4 Å². The van der Waals surface area contributed by atoms with E-state index in [-0.39, 0.29) is 6.61 Å². The highest BCUT2D eigenvalue weighted by Crippen LogP contribution is 2.60. The molecule has 0 bridgehead atoms. The Morgan fingerprint density at radius 3 is 2.57 bits per heavy atom. The lowest BCUT2D eigenvalue weighted by Gasteiger charge is -2.07. The maximum Gasteiger partial charge on any atom is 0.426 e. The van der Waals surface area contributed by atoms with E-state index in [1.165, 1.54) is 0 Å². The van der Waals surface area contributed by atoms with Crippen molar-refractivity contribution in [3.05, 3.63) is 44.5 Å². The second-order valence-corrected chi connectivity index (χ2v) is 7.61. The summed E-state index contributed by atoms with van der Waals surface area (Å²) in [6.45, 7) is 3.56. The van der Waals surface area contributed by atoms with Gasteiger partial charge in [-0.15, -0.1) is 0 Å². The van der Waals surface area contributed by atoms with Gasteiger partial charge in [-0.25, -0.2) is 0 Å². The predicted octanol–water partition coefficient (Wildman–Crippen LogP) is 5.29. The van der Waals surface area contributed by atoms with Crippen LogP contribution in [-0.4, -0.2) is 12.1 Å². The second-order valence-electron chi connectivity index (χ2n) is 6.04. The third kappa shape index (κ3) is 4.21. The zero-order chi connectivity index (χ0) is 17.4. The molecule has 1 aromatic carbocycles. The largest absolute Gasteiger partial charge is 0.461 e. The molecule has 1 aromatic rings. The molecular formula is C16H15ClF3IO2. The van der Waals surface area contributed by atoms with Crippen molar-refractivity contribution < 1.29 is 22.7 Å². The third-order valence-corrected chi connectivity index (χ3v) is 5.48. The van der Waals surface area contributed by atoms with Crippen molar-refractivity contribution in [2.75, 3.05) is 0 Å². The van der Waals surface area contributed by atoms with E-state index < -0.39 is 34.4 Å². The van der Waals surface area contributed by atoms with Crippen molar-refractivity contribution in [1.82, 2.24) is 0 Å². The van der Waals surface area contributed by atoms with Crippen molar-refractivity contribution in [2.24, 2.45) is 17.3 Å². The smallest absolute Gasteiger partial charge is 0.426 e. The molecule has 7 heteroatoms. The van der Waals surface area contributed by atoms with Crippen LogP contribution >= 0.6 is 34.2 Å². The Balaban J connectivity index is 2.02. The lowest BCUT2D eigenvalue weighted by atomic mass is 10.1. The molecule has 2 atom stereocenters. The van der Waals surface area contributed by atoms with E-state index in [0.29, 0.717) is 0 Å². The number of halogens is 5. The fraction of sp³-hybridized carbons (Fsp3) is 0.438. The van der Waals surface area contributed by atoms with Gasteiger partial charge < -0.3 is 4.74 Å². The standard InChI is InChI=1S/C16H15ClF3IO2/c1-15(2)10(7-12(17)16(18,19)20)13(15)14(22)23-8-9-5-3-4-6-11(9)21/h3-7,10,13H,8H2,1-2H3/b12-7-/t10-,13-/m1/s1. The zero-order valence-corrected chi connectivity index (χ0v) is 15.4. The average molecular weight is 459 g/mol. The molecule has 0 heterocycles. The highest BCUT2D eigenvalue weighted by Gasteiger charge is 2.62. The van der Waals surface area contributed by atoms with E-state index in [9.17, 15) is 18.0 Å². The first-order valence-corrected chi connectivity index (χ1v) is 8.35. The van der Waals surface area contributed by atoms with E-state index >= 15 is 0 Å². The summed E-state index contributed by atoms with van der Waals surface area (Å²) in [5, 5.41) is -1.19. The molecule has 2 rings (SSSR count). The lowest BCUT2D eigenvalue weighted by molar-refractivity contribution is -0.147. The molecule has 0 unspecified atom stereocenters. The minimum Gasteiger partial charge on any atom is -0.461 e. The summed E-state index contributed by atoms with van der Waals surface area (Å²) in [6, 6.07) is 7.43. The molecule has 1 saturated carbocycles. The number of alkyl halides is 3. The summed E-state index contributed by atoms with van der Waals surface area (Å²) < 4.78 is 43.8. The van der Waals surface area contributed by atoms with Crippen molar-refractivity contribution in [3.63, 3.8) is 0 Å². The first-order chi connectivity index (χ1) is 10.5. The first-order valence-electron chi connectivity index (χ1n) is 6.89. The molecule has 0 saturated heterocycles. The monoisotopic (exact) mass is 458 g/mol. The van der Waals surface area contributed by atoms with E-state index in [2.05, 4.69) is 22.6 Å². The Labute approximate surface area is 151 Å². The predicted molar refractivity (Wildman–Crippen MR) is 89.7 cm³/mol. The molecule has 2 nitrogen and oxygen atoms in total. The molecule has 1 aliphatic carbocycles. The maximum atomic E-state index is 12.5. The molecule has 0 amide bonds. The number of carbonyl (C=O) groups excluding carboxylic acids is 1. The summed E-state index contributed by atoms with van der Waals surface area (Å²) in [5.41, 5.74) is 0.270. The lowest BCUT2D eigenvalue weighted by Crippen LogP contribution is -2.11. The molecule has 1 aliphatic rings. The summed E-state index contributed by atoms with van der Waals surface area (Å²) in [6.07, 6.45) is -3.67. The van der Waals surface area contributed by atoms with Gasteiger partial charge in [0.05, 0.1) is 5.92 Å². The highest BCUT2D eigenvalue weighted by molar-refractivity contribution is 14.1. The number of hydrogen-bond donors (Lipinski definition) is 0. The van der Waals surface area contributed by atoms with Gasteiger partial charge in [0.25, 0.3) is 0 Å². The van der Waals surface area contributed by atoms with Crippen molar-refractivity contribution >= 4 is 40.2 Å². The van der Waals surface area contributed by atoms with E-state index in [0.717, 1.165) is 15.2 Å². The molecule has 1 fully saturated rings. The number of rotatable bonds is 4. The van der Waals surface area contributed by atoms with Gasteiger partial charge in [0.2, 0.25) is 0 Å². The Morgan fingerprint density at radius 2 is 2.00 bits per heavy atom. The van der Waals surface area contributed by atoms with Gasteiger partial charge in [-0.2, -0.15) is 13.2 Å². The van der Waals surface area contributed by atoms with Crippen LogP contribution in [0.25, 0.3) is 0 Å². The molecule has 126 valence electrons. The minimum atomic E-state index is -4.59. The first kappa shape index (κ1) is 18.6. The molecule has 23 heavy (non-hydrogen) atoms. The van der Waals surface area contributed by atoms with Crippen LogP contribution in [0.4, 0.5) is 13.2 Å². The number of ether oxygens (including phenoxy) is 1. The van der Waals surface area contributed by atoms with Gasteiger partial charge in [0, 0.05) is 9.13 Å². The van der Waals surface area contributed by atoms with Crippen LogP contribution in [0.15, 0.2) is 35.4 Å². The van der Waals surface area contributed by atoms with Crippen LogP contribution in [0.5, 0.6) is 0 Å².